The Hall–Kier alpha value is -3.11. The maximum Gasteiger partial charge on any atom is 0.224 e. The van der Waals surface area contributed by atoms with E-state index in [0.29, 0.717) is 19.0 Å². The van der Waals surface area contributed by atoms with Crippen molar-refractivity contribution in [1.82, 2.24) is 5.32 Å². The van der Waals surface area contributed by atoms with Crippen LogP contribution in [0, 0.1) is 0 Å². The molecule has 4 rings (SSSR count). The first-order valence-corrected chi connectivity index (χ1v) is 11.6. The first-order valence-electron chi connectivity index (χ1n) is 11.6. The Bertz CT molecular complexity index is 991. The Morgan fingerprint density at radius 3 is 2.12 bits per heavy atom. The summed E-state index contributed by atoms with van der Waals surface area (Å²) in [7, 11) is 4.12. The molecule has 3 aromatic rings. The molecule has 4 heteroatoms. The van der Waals surface area contributed by atoms with Gasteiger partial charge in [-0.25, -0.2) is 0 Å². The Kier molecular flexibility index (Phi) is 7.23. The second kappa shape index (κ2) is 10.5. The summed E-state index contributed by atoms with van der Waals surface area (Å²) >= 11 is 0. The summed E-state index contributed by atoms with van der Waals surface area (Å²) in [6, 6.07) is 27.7. The van der Waals surface area contributed by atoms with Crippen LogP contribution in [0.3, 0.4) is 0 Å². The molecule has 2 N–H and O–H groups in total. The Morgan fingerprint density at radius 2 is 1.50 bits per heavy atom. The zero-order valence-electron chi connectivity index (χ0n) is 19.2. The SMILES string of the molecule is CN(C)c1ccc([C@H](CNC(=O)Cc2ccc(-c3ccccc3)cc2)[NH+]2CCCC2)cc1. The van der Waals surface area contributed by atoms with Gasteiger partial charge in [0.1, 0.15) is 6.04 Å². The Morgan fingerprint density at radius 1 is 0.875 bits per heavy atom. The van der Waals surface area contributed by atoms with Crippen molar-refractivity contribution in [3.8, 4) is 11.1 Å². The maximum atomic E-state index is 12.7. The van der Waals surface area contributed by atoms with Gasteiger partial charge < -0.3 is 15.1 Å². The fourth-order valence-electron chi connectivity index (χ4n) is 4.59. The molecular weight excluding hydrogens is 394 g/mol. The van der Waals surface area contributed by atoms with E-state index in [2.05, 4.69) is 85.0 Å². The molecule has 1 aliphatic rings. The molecule has 0 spiro atoms. The molecule has 1 saturated heterocycles. The lowest BCUT2D eigenvalue weighted by Crippen LogP contribution is -3.11. The van der Waals surface area contributed by atoms with E-state index in [4.69, 9.17) is 0 Å². The van der Waals surface area contributed by atoms with Crippen molar-refractivity contribution in [2.75, 3.05) is 38.6 Å². The van der Waals surface area contributed by atoms with Gasteiger partial charge in [-0.15, -0.1) is 0 Å². The summed E-state index contributed by atoms with van der Waals surface area (Å²) in [5.41, 5.74) is 5.92. The number of anilines is 1. The molecule has 3 aromatic carbocycles. The molecular formula is C28H34N3O+. The number of hydrogen-bond donors (Lipinski definition) is 2. The minimum absolute atomic E-state index is 0.0889. The molecule has 0 radical (unpaired) electrons. The van der Waals surface area contributed by atoms with Gasteiger partial charge in [-0.1, -0.05) is 66.7 Å². The zero-order chi connectivity index (χ0) is 22.3. The summed E-state index contributed by atoms with van der Waals surface area (Å²) in [6.07, 6.45) is 2.95. The summed E-state index contributed by atoms with van der Waals surface area (Å²) < 4.78 is 0. The monoisotopic (exact) mass is 428 g/mol. The Balaban J connectivity index is 1.37. The minimum atomic E-state index is 0.0889. The highest BCUT2D eigenvalue weighted by Gasteiger charge is 2.27. The van der Waals surface area contributed by atoms with Crippen molar-refractivity contribution in [1.29, 1.82) is 0 Å². The molecule has 0 bridgehead atoms. The molecule has 4 nitrogen and oxygen atoms in total. The average Bonchev–Trinajstić information content (AvgIpc) is 3.35. The summed E-state index contributed by atoms with van der Waals surface area (Å²) in [4.78, 5) is 16.4. The molecule has 1 amide bonds. The smallest absolute Gasteiger partial charge is 0.224 e. The molecule has 0 unspecified atom stereocenters. The normalized spacial score (nSPS) is 14.8. The van der Waals surface area contributed by atoms with Crippen LogP contribution < -0.4 is 15.1 Å². The lowest BCUT2D eigenvalue weighted by atomic mass is 10.0. The largest absolute Gasteiger partial charge is 0.378 e. The highest BCUT2D eigenvalue weighted by atomic mass is 16.1. The summed E-state index contributed by atoms with van der Waals surface area (Å²) in [5.74, 6) is 0.0889. The molecule has 1 atom stereocenters. The number of amides is 1. The second-order valence-electron chi connectivity index (χ2n) is 8.95. The standard InChI is InChI=1S/C28H33N3O/c1-30(2)26-16-14-25(15-17-26)27(31-18-6-7-19-31)21-29-28(32)20-22-10-12-24(13-11-22)23-8-4-3-5-9-23/h3-5,8-17,27H,6-7,18-21H2,1-2H3,(H,29,32)/p+1/t27-/m0/s1. The number of quaternary nitrogens is 1. The van der Waals surface area contributed by atoms with Gasteiger partial charge >= 0.3 is 0 Å². The third-order valence-electron chi connectivity index (χ3n) is 6.48. The van der Waals surface area contributed by atoms with E-state index < -0.39 is 0 Å². The van der Waals surface area contributed by atoms with E-state index in [9.17, 15) is 4.79 Å². The van der Waals surface area contributed by atoms with Gasteiger partial charge in [0.05, 0.1) is 26.1 Å². The van der Waals surface area contributed by atoms with E-state index in [1.165, 1.54) is 48.3 Å². The number of nitrogens with one attached hydrogen (secondary N) is 2. The number of likely N-dealkylation sites (tertiary alicyclic amines) is 1. The number of rotatable bonds is 8. The third kappa shape index (κ3) is 5.57. The van der Waals surface area contributed by atoms with Crippen molar-refractivity contribution in [3.05, 3.63) is 90.0 Å². The van der Waals surface area contributed by atoms with E-state index >= 15 is 0 Å². The van der Waals surface area contributed by atoms with Gasteiger partial charge in [-0.2, -0.15) is 0 Å². The number of benzene rings is 3. The Labute approximate surface area is 191 Å². The molecule has 0 saturated carbocycles. The van der Waals surface area contributed by atoms with Crippen LogP contribution >= 0.6 is 0 Å². The van der Waals surface area contributed by atoms with Gasteiger partial charge in [-0.05, 0) is 28.8 Å². The quantitative estimate of drug-likeness (QED) is 0.576. The van der Waals surface area contributed by atoms with Gasteiger partial charge in [0.2, 0.25) is 5.91 Å². The number of nitrogens with zero attached hydrogens (tertiary/aromatic N) is 1. The maximum absolute atomic E-state index is 12.7. The van der Waals surface area contributed by atoms with Crippen LogP contribution in [0.25, 0.3) is 11.1 Å². The van der Waals surface area contributed by atoms with Crippen LogP contribution in [-0.4, -0.2) is 39.6 Å². The van der Waals surface area contributed by atoms with Crippen LogP contribution in [0.1, 0.15) is 30.0 Å². The topological polar surface area (TPSA) is 36.8 Å². The van der Waals surface area contributed by atoms with Crippen LogP contribution in [0.15, 0.2) is 78.9 Å². The molecule has 1 aliphatic heterocycles. The van der Waals surface area contributed by atoms with Crippen molar-refractivity contribution in [2.45, 2.75) is 25.3 Å². The molecule has 32 heavy (non-hydrogen) atoms. The summed E-state index contributed by atoms with van der Waals surface area (Å²) in [5, 5.41) is 3.22. The number of hydrogen-bond acceptors (Lipinski definition) is 2. The minimum Gasteiger partial charge on any atom is -0.378 e. The molecule has 1 fully saturated rings. The highest BCUT2D eigenvalue weighted by Crippen LogP contribution is 2.20. The van der Waals surface area contributed by atoms with Crippen LogP contribution in [0.2, 0.25) is 0 Å². The first kappa shape index (κ1) is 22.1. The van der Waals surface area contributed by atoms with Crippen molar-refractivity contribution < 1.29 is 9.69 Å². The predicted molar refractivity (Wildman–Crippen MR) is 132 cm³/mol. The lowest BCUT2D eigenvalue weighted by Gasteiger charge is -2.26. The average molecular weight is 429 g/mol. The fourth-order valence-corrected chi connectivity index (χ4v) is 4.59. The van der Waals surface area contributed by atoms with Gasteiger partial charge in [0.15, 0.2) is 0 Å². The van der Waals surface area contributed by atoms with E-state index in [-0.39, 0.29) is 5.91 Å². The first-order chi connectivity index (χ1) is 15.6. The number of carbonyl (C=O) groups is 1. The summed E-state index contributed by atoms with van der Waals surface area (Å²) in [6.45, 7) is 3.03. The van der Waals surface area contributed by atoms with Crippen molar-refractivity contribution in [3.63, 3.8) is 0 Å². The van der Waals surface area contributed by atoms with Gasteiger partial charge in [0.25, 0.3) is 0 Å². The van der Waals surface area contributed by atoms with E-state index in [1.54, 1.807) is 4.90 Å². The van der Waals surface area contributed by atoms with Gasteiger partial charge in [-0.3, -0.25) is 4.79 Å². The number of carbonyl (C=O) groups excluding carboxylic acids is 1. The fraction of sp³-hybridized carbons (Fsp3) is 0.321. The van der Waals surface area contributed by atoms with E-state index in [0.717, 1.165) is 5.56 Å². The second-order valence-corrected chi connectivity index (χ2v) is 8.95. The molecule has 0 aliphatic carbocycles. The zero-order valence-corrected chi connectivity index (χ0v) is 19.2. The molecule has 1 heterocycles. The lowest BCUT2D eigenvalue weighted by molar-refractivity contribution is -0.918. The van der Waals surface area contributed by atoms with Crippen molar-refractivity contribution in [2.24, 2.45) is 0 Å². The van der Waals surface area contributed by atoms with Crippen LogP contribution in [0.4, 0.5) is 5.69 Å². The highest BCUT2D eigenvalue weighted by molar-refractivity contribution is 5.79. The third-order valence-corrected chi connectivity index (χ3v) is 6.48. The van der Waals surface area contributed by atoms with Gasteiger partial charge in [0, 0.05) is 38.2 Å². The van der Waals surface area contributed by atoms with Crippen LogP contribution in [-0.2, 0) is 11.2 Å². The van der Waals surface area contributed by atoms with Crippen molar-refractivity contribution >= 4 is 11.6 Å². The molecule has 166 valence electrons. The van der Waals surface area contributed by atoms with E-state index in [1.807, 2.05) is 18.2 Å². The van der Waals surface area contributed by atoms with Crippen LogP contribution in [0.5, 0.6) is 0 Å². The predicted octanol–water partition coefficient (Wildman–Crippen LogP) is 3.50. The molecule has 0 aromatic heterocycles.